The van der Waals surface area contributed by atoms with E-state index in [1.54, 1.807) is 0 Å². The van der Waals surface area contributed by atoms with Crippen LogP contribution < -0.4 is 15.1 Å². The molecule has 0 radical (unpaired) electrons. The predicted octanol–water partition coefficient (Wildman–Crippen LogP) is 3.36. The first-order valence-corrected chi connectivity index (χ1v) is 8.34. The molecule has 0 bridgehead atoms. The van der Waals surface area contributed by atoms with Gasteiger partial charge in [-0.25, -0.2) is 0 Å². The van der Waals surface area contributed by atoms with Gasteiger partial charge in [-0.15, -0.1) is 0 Å². The second-order valence-corrected chi connectivity index (χ2v) is 6.50. The van der Waals surface area contributed by atoms with Gasteiger partial charge in [0, 0.05) is 39.3 Å². The molecule has 0 aromatic heterocycles. The van der Waals surface area contributed by atoms with Crippen LogP contribution in [0.1, 0.15) is 33.6 Å². The highest BCUT2D eigenvalue weighted by atomic mass is 15.3. The van der Waals surface area contributed by atoms with Crippen LogP contribution in [0.2, 0.25) is 0 Å². The molecule has 3 unspecified atom stereocenters. The Bertz CT molecular complexity index is 444. The molecule has 1 aliphatic rings. The van der Waals surface area contributed by atoms with Gasteiger partial charge in [0.25, 0.3) is 0 Å². The summed E-state index contributed by atoms with van der Waals surface area (Å²) in [6.45, 7) is 9.14. The molecule has 2 rings (SSSR count). The van der Waals surface area contributed by atoms with Gasteiger partial charge in [0.15, 0.2) is 0 Å². The summed E-state index contributed by atoms with van der Waals surface area (Å²) >= 11 is 0. The van der Waals surface area contributed by atoms with Crippen LogP contribution in [0.15, 0.2) is 24.3 Å². The highest BCUT2D eigenvalue weighted by molar-refractivity contribution is 5.71. The SMILES string of the molecule is CCC(C)C1CN(c2ccccc2N(C)C)C(CC)CN1. The van der Waals surface area contributed by atoms with Crippen LogP contribution in [0.3, 0.4) is 0 Å². The van der Waals surface area contributed by atoms with Crippen molar-refractivity contribution in [2.45, 2.75) is 45.7 Å². The monoisotopic (exact) mass is 289 g/mol. The molecule has 0 spiro atoms. The molecule has 3 atom stereocenters. The number of para-hydroxylation sites is 2. The average molecular weight is 289 g/mol. The topological polar surface area (TPSA) is 18.5 Å². The van der Waals surface area contributed by atoms with E-state index in [1.165, 1.54) is 24.2 Å². The third-order valence-corrected chi connectivity index (χ3v) is 4.92. The van der Waals surface area contributed by atoms with Crippen LogP contribution in [0, 0.1) is 5.92 Å². The number of anilines is 2. The highest BCUT2D eigenvalue weighted by Crippen LogP contribution is 2.32. The molecule has 3 nitrogen and oxygen atoms in total. The molecule has 1 N–H and O–H groups in total. The molecular formula is C18H31N3. The van der Waals surface area contributed by atoms with Crippen molar-refractivity contribution in [3.05, 3.63) is 24.3 Å². The van der Waals surface area contributed by atoms with E-state index in [9.17, 15) is 0 Å². The van der Waals surface area contributed by atoms with Gasteiger partial charge in [-0.3, -0.25) is 0 Å². The summed E-state index contributed by atoms with van der Waals surface area (Å²) in [5.41, 5.74) is 2.70. The summed E-state index contributed by atoms with van der Waals surface area (Å²) in [5, 5.41) is 3.76. The standard InChI is InChI=1S/C18H31N3/c1-6-14(3)16-13-21(15(7-2)12-19-16)18-11-9-8-10-17(18)20(4)5/h8-11,14-16,19H,6-7,12-13H2,1-5H3. The summed E-state index contributed by atoms with van der Waals surface area (Å²) in [6, 6.07) is 9.97. The number of hydrogen-bond donors (Lipinski definition) is 1. The Hall–Kier alpha value is -1.22. The number of nitrogens with zero attached hydrogens (tertiary/aromatic N) is 2. The van der Waals surface area contributed by atoms with Crippen LogP contribution >= 0.6 is 0 Å². The first-order chi connectivity index (χ1) is 10.1. The Morgan fingerprint density at radius 3 is 2.62 bits per heavy atom. The van der Waals surface area contributed by atoms with Gasteiger partial charge in [-0.2, -0.15) is 0 Å². The minimum atomic E-state index is 0.589. The van der Waals surface area contributed by atoms with Crippen LogP contribution in [0.25, 0.3) is 0 Å². The van der Waals surface area contributed by atoms with Crippen molar-refractivity contribution in [3.63, 3.8) is 0 Å². The third kappa shape index (κ3) is 3.52. The number of benzene rings is 1. The second kappa shape index (κ2) is 7.17. The third-order valence-electron chi connectivity index (χ3n) is 4.92. The lowest BCUT2D eigenvalue weighted by Crippen LogP contribution is -2.58. The maximum Gasteiger partial charge on any atom is 0.0607 e. The quantitative estimate of drug-likeness (QED) is 0.897. The van der Waals surface area contributed by atoms with E-state index in [2.05, 4.69) is 74.2 Å². The van der Waals surface area contributed by atoms with E-state index in [0.717, 1.165) is 19.0 Å². The largest absolute Gasteiger partial charge is 0.376 e. The Labute approximate surface area is 130 Å². The molecular weight excluding hydrogens is 258 g/mol. The lowest BCUT2D eigenvalue weighted by Gasteiger charge is -2.44. The van der Waals surface area contributed by atoms with Crippen molar-refractivity contribution < 1.29 is 0 Å². The van der Waals surface area contributed by atoms with Gasteiger partial charge >= 0.3 is 0 Å². The van der Waals surface area contributed by atoms with E-state index >= 15 is 0 Å². The van der Waals surface area contributed by atoms with E-state index in [4.69, 9.17) is 0 Å². The number of nitrogens with one attached hydrogen (secondary N) is 1. The molecule has 0 saturated carbocycles. The van der Waals surface area contributed by atoms with Crippen molar-refractivity contribution in [3.8, 4) is 0 Å². The molecule has 1 aliphatic heterocycles. The summed E-state index contributed by atoms with van der Waals surface area (Å²) in [5.74, 6) is 0.719. The zero-order valence-corrected chi connectivity index (χ0v) is 14.3. The second-order valence-electron chi connectivity index (χ2n) is 6.50. The van der Waals surface area contributed by atoms with Gasteiger partial charge in [0.1, 0.15) is 0 Å². The lowest BCUT2D eigenvalue weighted by molar-refractivity contribution is 0.306. The van der Waals surface area contributed by atoms with Crippen LogP contribution in [-0.2, 0) is 0 Å². The smallest absolute Gasteiger partial charge is 0.0607 e. The van der Waals surface area contributed by atoms with Gasteiger partial charge in [0.2, 0.25) is 0 Å². The van der Waals surface area contributed by atoms with Crippen molar-refractivity contribution in [1.82, 2.24) is 5.32 Å². The zero-order chi connectivity index (χ0) is 15.4. The van der Waals surface area contributed by atoms with Gasteiger partial charge in [0.05, 0.1) is 11.4 Å². The van der Waals surface area contributed by atoms with Crippen LogP contribution in [0.5, 0.6) is 0 Å². The fraction of sp³-hybridized carbons (Fsp3) is 0.667. The summed E-state index contributed by atoms with van der Waals surface area (Å²) in [6.07, 6.45) is 2.42. The predicted molar refractivity (Wildman–Crippen MR) is 93.4 cm³/mol. The zero-order valence-electron chi connectivity index (χ0n) is 14.3. The van der Waals surface area contributed by atoms with E-state index in [0.29, 0.717) is 12.1 Å². The fourth-order valence-corrected chi connectivity index (χ4v) is 3.23. The molecule has 1 fully saturated rings. The molecule has 118 valence electrons. The normalized spacial score (nSPS) is 24.0. The molecule has 0 aliphatic carbocycles. The first kappa shape index (κ1) is 16.2. The van der Waals surface area contributed by atoms with Gasteiger partial charge < -0.3 is 15.1 Å². The average Bonchev–Trinajstić information content (AvgIpc) is 2.53. The Morgan fingerprint density at radius 2 is 2.00 bits per heavy atom. The Kier molecular flexibility index (Phi) is 5.51. The van der Waals surface area contributed by atoms with Crippen LogP contribution in [0.4, 0.5) is 11.4 Å². The van der Waals surface area contributed by atoms with Crippen molar-refractivity contribution in [2.75, 3.05) is 37.0 Å². The maximum absolute atomic E-state index is 3.76. The summed E-state index contributed by atoms with van der Waals surface area (Å²) in [7, 11) is 4.27. The first-order valence-electron chi connectivity index (χ1n) is 8.34. The van der Waals surface area contributed by atoms with Gasteiger partial charge in [-0.05, 0) is 24.5 Å². The van der Waals surface area contributed by atoms with Crippen LogP contribution in [-0.4, -0.2) is 39.3 Å². The molecule has 1 heterocycles. The van der Waals surface area contributed by atoms with E-state index in [-0.39, 0.29) is 0 Å². The summed E-state index contributed by atoms with van der Waals surface area (Å²) in [4.78, 5) is 4.85. The summed E-state index contributed by atoms with van der Waals surface area (Å²) < 4.78 is 0. The van der Waals surface area contributed by atoms with E-state index < -0.39 is 0 Å². The molecule has 3 heteroatoms. The fourth-order valence-electron chi connectivity index (χ4n) is 3.23. The lowest BCUT2D eigenvalue weighted by atomic mass is 9.94. The molecule has 1 aromatic carbocycles. The number of piperazine rings is 1. The number of hydrogen-bond acceptors (Lipinski definition) is 3. The molecule has 1 saturated heterocycles. The van der Waals surface area contributed by atoms with Gasteiger partial charge in [-0.1, -0.05) is 39.3 Å². The van der Waals surface area contributed by atoms with E-state index in [1.807, 2.05) is 0 Å². The minimum Gasteiger partial charge on any atom is -0.376 e. The molecule has 1 aromatic rings. The van der Waals surface area contributed by atoms with Crippen molar-refractivity contribution in [2.24, 2.45) is 5.92 Å². The minimum absolute atomic E-state index is 0.589. The molecule has 21 heavy (non-hydrogen) atoms. The maximum atomic E-state index is 3.76. The van der Waals surface area contributed by atoms with Crippen molar-refractivity contribution in [1.29, 1.82) is 0 Å². The van der Waals surface area contributed by atoms with Crippen molar-refractivity contribution >= 4 is 11.4 Å². The highest BCUT2D eigenvalue weighted by Gasteiger charge is 2.30. The Morgan fingerprint density at radius 1 is 1.29 bits per heavy atom. The Balaban J connectivity index is 2.29. The molecule has 0 amide bonds. The number of rotatable bonds is 5.